The largest absolute Gasteiger partial charge is 0.478 e. The van der Waals surface area contributed by atoms with E-state index in [1.807, 2.05) is 19.1 Å². The molecule has 1 aromatic heterocycles. The van der Waals surface area contributed by atoms with Crippen molar-refractivity contribution in [2.45, 2.75) is 13.5 Å². The Kier molecular flexibility index (Phi) is 4.98. The Morgan fingerprint density at radius 2 is 2.05 bits per heavy atom. The summed E-state index contributed by atoms with van der Waals surface area (Å²) in [6.45, 7) is 2.43. The van der Waals surface area contributed by atoms with Crippen molar-refractivity contribution < 1.29 is 14.7 Å². The van der Waals surface area contributed by atoms with Crippen molar-refractivity contribution in [3.63, 3.8) is 0 Å². The van der Waals surface area contributed by atoms with Gasteiger partial charge in [0.25, 0.3) is 0 Å². The lowest BCUT2D eigenvalue weighted by atomic mass is 10.2. The number of carboxylic acid groups (broad SMARTS) is 1. The molecule has 5 nitrogen and oxygen atoms in total. The minimum Gasteiger partial charge on any atom is -0.478 e. The van der Waals surface area contributed by atoms with Crippen molar-refractivity contribution >= 4 is 45.0 Å². The number of carbonyl (C=O) groups excluding carboxylic acids is 1. The highest BCUT2D eigenvalue weighted by molar-refractivity contribution is 9.10. The zero-order chi connectivity index (χ0) is 15.4. The third kappa shape index (κ3) is 4.30. The molecule has 0 aliphatic rings. The fourth-order valence-electron chi connectivity index (χ4n) is 1.67. The van der Waals surface area contributed by atoms with Crippen molar-refractivity contribution in [2.75, 3.05) is 5.32 Å². The zero-order valence-electron chi connectivity index (χ0n) is 11.1. The van der Waals surface area contributed by atoms with E-state index in [-0.39, 0.29) is 11.6 Å². The molecule has 0 saturated heterocycles. The molecule has 0 radical (unpaired) electrons. The smallest absolute Gasteiger partial charge is 0.335 e. The second-order valence-corrected chi connectivity index (χ2v) is 6.55. The average Bonchev–Trinajstić information content (AvgIpc) is 2.84. The van der Waals surface area contributed by atoms with Gasteiger partial charge in [0, 0.05) is 14.2 Å². The van der Waals surface area contributed by atoms with Crippen LogP contribution in [0.5, 0.6) is 0 Å². The highest BCUT2D eigenvalue weighted by Crippen LogP contribution is 2.23. The molecule has 0 bridgehead atoms. The van der Waals surface area contributed by atoms with E-state index >= 15 is 0 Å². The summed E-state index contributed by atoms with van der Waals surface area (Å²) in [5.41, 5.74) is 0.525. The summed E-state index contributed by atoms with van der Waals surface area (Å²) in [5.74, 6) is -1.04. The number of benzene rings is 1. The van der Waals surface area contributed by atoms with Crippen LogP contribution in [0.3, 0.4) is 0 Å². The zero-order valence-corrected chi connectivity index (χ0v) is 13.5. The summed E-state index contributed by atoms with van der Waals surface area (Å²) in [4.78, 5) is 25.0. The predicted octanol–water partition coefficient (Wildman–Crippen LogP) is 3.84. The van der Waals surface area contributed by atoms with Gasteiger partial charge in [-0.05, 0) is 53.2 Å². The lowest BCUT2D eigenvalue weighted by molar-refractivity contribution is 0.0697. The molecule has 0 unspecified atom stereocenters. The van der Waals surface area contributed by atoms with Crippen LogP contribution in [0.25, 0.3) is 0 Å². The number of anilines is 1. The Morgan fingerprint density at radius 1 is 1.29 bits per heavy atom. The van der Waals surface area contributed by atoms with Crippen LogP contribution in [0.4, 0.5) is 10.5 Å². The molecule has 3 N–H and O–H groups in total. The molecule has 0 aliphatic carbocycles. The molecule has 110 valence electrons. The number of rotatable bonds is 4. The van der Waals surface area contributed by atoms with Crippen LogP contribution < -0.4 is 10.6 Å². The van der Waals surface area contributed by atoms with Crippen LogP contribution in [0.15, 0.2) is 34.8 Å². The van der Waals surface area contributed by atoms with Gasteiger partial charge >= 0.3 is 12.0 Å². The first-order chi connectivity index (χ1) is 9.95. The first-order valence-corrected chi connectivity index (χ1v) is 7.69. The lowest BCUT2D eigenvalue weighted by Gasteiger charge is -2.09. The Hall–Kier alpha value is -1.86. The highest BCUT2D eigenvalue weighted by Gasteiger charge is 2.10. The molecule has 0 fully saturated rings. The first kappa shape index (κ1) is 15.5. The molecule has 0 atom stereocenters. The second kappa shape index (κ2) is 6.73. The van der Waals surface area contributed by atoms with Gasteiger partial charge in [0.2, 0.25) is 0 Å². The van der Waals surface area contributed by atoms with E-state index in [1.54, 1.807) is 17.4 Å². The minimum atomic E-state index is -1.04. The van der Waals surface area contributed by atoms with Crippen LogP contribution in [0.2, 0.25) is 0 Å². The Bertz CT molecular complexity index is 685. The molecule has 2 aromatic rings. The van der Waals surface area contributed by atoms with Gasteiger partial charge < -0.3 is 15.7 Å². The molecule has 7 heteroatoms. The van der Waals surface area contributed by atoms with Crippen LogP contribution >= 0.6 is 27.3 Å². The summed E-state index contributed by atoms with van der Waals surface area (Å²) in [7, 11) is 0. The molecule has 1 aromatic carbocycles. The number of urea groups is 1. The summed E-state index contributed by atoms with van der Waals surface area (Å²) in [5, 5.41) is 14.3. The van der Waals surface area contributed by atoms with Crippen LogP contribution in [0.1, 0.15) is 20.1 Å². The van der Waals surface area contributed by atoms with Crippen LogP contribution in [0, 0.1) is 6.92 Å². The van der Waals surface area contributed by atoms with Gasteiger partial charge in [-0.3, -0.25) is 0 Å². The maximum atomic E-state index is 11.8. The molecule has 21 heavy (non-hydrogen) atoms. The van der Waals surface area contributed by atoms with E-state index in [4.69, 9.17) is 5.11 Å². The number of amides is 2. The second-order valence-electron chi connectivity index (χ2n) is 4.32. The summed E-state index contributed by atoms with van der Waals surface area (Å²) in [6, 6.07) is 8.02. The SMILES string of the molecule is Cc1ccc(CNC(=O)Nc2cc(C(=O)O)ccc2Br)s1. The Morgan fingerprint density at radius 3 is 2.67 bits per heavy atom. The maximum Gasteiger partial charge on any atom is 0.335 e. The number of carbonyl (C=O) groups is 2. The molecule has 2 amide bonds. The number of thiophene rings is 1. The number of halogens is 1. The maximum absolute atomic E-state index is 11.8. The van der Waals surface area contributed by atoms with E-state index in [9.17, 15) is 9.59 Å². The predicted molar refractivity (Wildman–Crippen MR) is 86.0 cm³/mol. The Labute approximate surface area is 134 Å². The van der Waals surface area contributed by atoms with E-state index in [0.29, 0.717) is 16.7 Å². The molecule has 0 aliphatic heterocycles. The highest BCUT2D eigenvalue weighted by atomic mass is 79.9. The van der Waals surface area contributed by atoms with Crippen molar-refractivity contribution in [3.05, 3.63) is 50.1 Å². The van der Waals surface area contributed by atoms with Crippen LogP contribution in [-0.2, 0) is 6.54 Å². The third-order valence-corrected chi connectivity index (χ3v) is 4.37. The fraction of sp³-hybridized carbons (Fsp3) is 0.143. The fourth-order valence-corrected chi connectivity index (χ4v) is 2.84. The molecule has 0 spiro atoms. The van der Waals surface area contributed by atoms with Crippen molar-refractivity contribution in [1.82, 2.24) is 5.32 Å². The van der Waals surface area contributed by atoms with Gasteiger partial charge in [0.1, 0.15) is 0 Å². The number of nitrogens with one attached hydrogen (secondary N) is 2. The van der Waals surface area contributed by atoms with E-state index in [0.717, 1.165) is 4.88 Å². The third-order valence-electron chi connectivity index (χ3n) is 2.68. The first-order valence-electron chi connectivity index (χ1n) is 6.08. The summed E-state index contributed by atoms with van der Waals surface area (Å²) < 4.78 is 0.620. The lowest BCUT2D eigenvalue weighted by Crippen LogP contribution is -2.28. The van der Waals surface area contributed by atoms with E-state index < -0.39 is 5.97 Å². The average molecular weight is 369 g/mol. The van der Waals surface area contributed by atoms with Crippen molar-refractivity contribution in [3.8, 4) is 0 Å². The number of hydrogen-bond donors (Lipinski definition) is 3. The van der Waals surface area contributed by atoms with E-state index in [1.165, 1.54) is 17.0 Å². The summed E-state index contributed by atoms with van der Waals surface area (Å²) >= 11 is 4.89. The molecule has 2 rings (SSSR count). The van der Waals surface area contributed by atoms with Gasteiger partial charge in [-0.25, -0.2) is 9.59 Å². The van der Waals surface area contributed by atoms with E-state index in [2.05, 4.69) is 26.6 Å². The standard InChI is InChI=1S/C14H13BrN2O3S/c1-8-2-4-10(21-8)7-16-14(20)17-12-6-9(13(18)19)3-5-11(12)15/h2-6H,7H2,1H3,(H,18,19)(H2,16,17,20). The molecular weight excluding hydrogens is 356 g/mol. The number of aromatic carboxylic acids is 1. The summed E-state index contributed by atoms with van der Waals surface area (Å²) in [6.07, 6.45) is 0. The van der Waals surface area contributed by atoms with Gasteiger partial charge in [-0.15, -0.1) is 11.3 Å². The van der Waals surface area contributed by atoms with Crippen molar-refractivity contribution in [2.24, 2.45) is 0 Å². The molecule has 0 saturated carbocycles. The van der Waals surface area contributed by atoms with Gasteiger partial charge in [-0.1, -0.05) is 0 Å². The normalized spacial score (nSPS) is 10.2. The monoisotopic (exact) mass is 368 g/mol. The Balaban J connectivity index is 1.99. The number of carboxylic acids is 1. The number of hydrogen-bond acceptors (Lipinski definition) is 3. The molecular formula is C14H13BrN2O3S. The molecule has 1 heterocycles. The number of aryl methyl sites for hydroxylation is 1. The van der Waals surface area contributed by atoms with Crippen molar-refractivity contribution in [1.29, 1.82) is 0 Å². The van der Waals surface area contributed by atoms with Crippen LogP contribution in [-0.4, -0.2) is 17.1 Å². The van der Waals surface area contributed by atoms with Gasteiger partial charge in [-0.2, -0.15) is 0 Å². The van der Waals surface area contributed by atoms with Gasteiger partial charge in [0.05, 0.1) is 17.8 Å². The quantitative estimate of drug-likeness (QED) is 0.766. The minimum absolute atomic E-state index is 0.113. The van der Waals surface area contributed by atoms with Gasteiger partial charge in [0.15, 0.2) is 0 Å². The topological polar surface area (TPSA) is 78.4 Å².